The largest absolute Gasteiger partial charge is 0.396 e. The van der Waals surface area contributed by atoms with E-state index in [-0.39, 0.29) is 12.5 Å². The molecule has 5 heteroatoms. The lowest BCUT2D eigenvalue weighted by Crippen LogP contribution is -2.12. The summed E-state index contributed by atoms with van der Waals surface area (Å²) in [4.78, 5) is 14.3. The molecule has 0 fully saturated rings. The number of aliphatic hydroxyl groups is 1. The van der Waals surface area contributed by atoms with Crippen LogP contribution in [0.5, 0.6) is 0 Å². The Morgan fingerprint density at radius 1 is 1.23 bits per heavy atom. The Morgan fingerprint density at radius 2 is 2.05 bits per heavy atom. The van der Waals surface area contributed by atoms with Gasteiger partial charge in [-0.3, -0.25) is 4.79 Å². The fourth-order valence-corrected chi connectivity index (χ4v) is 2.97. The second-order valence-electron chi connectivity index (χ2n) is 5.27. The summed E-state index contributed by atoms with van der Waals surface area (Å²) < 4.78 is 0. The summed E-state index contributed by atoms with van der Waals surface area (Å²) in [6.45, 7) is 4.92. The first-order valence-corrected chi connectivity index (χ1v) is 8.20. The van der Waals surface area contributed by atoms with Crippen molar-refractivity contribution in [1.82, 2.24) is 0 Å². The minimum absolute atomic E-state index is 0.0391. The van der Waals surface area contributed by atoms with Gasteiger partial charge in [-0.25, -0.2) is 0 Å². The van der Waals surface area contributed by atoms with Crippen molar-refractivity contribution in [3.63, 3.8) is 0 Å². The van der Waals surface area contributed by atoms with Crippen LogP contribution in [-0.2, 0) is 11.3 Å². The molecule has 4 nitrogen and oxygen atoms in total. The molecule has 1 amide bonds. The van der Waals surface area contributed by atoms with E-state index in [9.17, 15) is 4.79 Å². The van der Waals surface area contributed by atoms with Gasteiger partial charge in [0, 0.05) is 40.7 Å². The van der Waals surface area contributed by atoms with Gasteiger partial charge in [-0.05, 0) is 56.2 Å². The Labute approximate surface area is 135 Å². The van der Waals surface area contributed by atoms with E-state index < -0.39 is 0 Å². The minimum atomic E-state index is -0.0630. The summed E-state index contributed by atoms with van der Waals surface area (Å²) in [6, 6.07) is 10.2. The Kier molecular flexibility index (Phi) is 5.98. The first-order valence-electron chi connectivity index (χ1n) is 7.39. The Balaban J connectivity index is 1.92. The van der Waals surface area contributed by atoms with Crippen LogP contribution in [0.4, 0.5) is 11.4 Å². The quantitative estimate of drug-likeness (QED) is 0.729. The molecule has 1 heterocycles. The summed E-state index contributed by atoms with van der Waals surface area (Å²) >= 11 is 1.79. The fraction of sp³-hybridized carbons (Fsp3) is 0.353. The van der Waals surface area contributed by atoms with E-state index in [1.165, 1.54) is 9.75 Å². The van der Waals surface area contributed by atoms with Crippen LogP contribution in [0.2, 0.25) is 0 Å². The summed E-state index contributed by atoms with van der Waals surface area (Å²) in [5.74, 6) is -0.0630. The van der Waals surface area contributed by atoms with Crippen LogP contribution in [0.15, 0.2) is 30.3 Å². The van der Waals surface area contributed by atoms with Crippen molar-refractivity contribution in [1.29, 1.82) is 0 Å². The molecule has 0 unspecified atom stereocenters. The normalized spacial score (nSPS) is 10.5. The number of amides is 1. The van der Waals surface area contributed by atoms with Crippen LogP contribution in [-0.4, -0.2) is 17.6 Å². The fourth-order valence-electron chi connectivity index (χ4n) is 2.14. The number of rotatable bonds is 7. The first-order chi connectivity index (χ1) is 10.6. The molecule has 0 aliphatic rings. The SMILES string of the molecule is Cc1ccc(CNc2ccc(NC(=O)CCCO)c(C)c2)s1. The number of aliphatic hydroxyl groups excluding tert-OH is 1. The van der Waals surface area contributed by atoms with E-state index in [0.29, 0.717) is 12.8 Å². The number of thiophene rings is 1. The van der Waals surface area contributed by atoms with E-state index in [4.69, 9.17) is 5.11 Å². The van der Waals surface area contributed by atoms with E-state index in [2.05, 4.69) is 29.7 Å². The third-order valence-corrected chi connectivity index (χ3v) is 4.33. The van der Waals surface area contributed by atoms with Gasteiger partial charge in [-0.2, -0.15) is 0 Å². The molecule has 0 bridgehead atoms. The molecular formula is C17H22N2O2S. The van der Waals surface area contributed by atoms with Crippen LogP contribution >= 0.6 is 11.3 Å². The zero-order chi connectivity index (χ0) is 15.9. The van der Waals surface area contributed by atoms with Gasteiger partial charge in [0.2, 0.25) is 5.91 Å². The standard InChI is InChI=1S/C17H22N2O2S/c1-12-10-14(18-11-15-7-5-13(2)22-15)6-8-16(12)19-17(21)4-3-9-20/h5-8,10,18,20H,3-4,9,11H2,1-2H3,(H,19,21). The molecule has 1 aromatic heterocycles. The highest BCUT2D eigenvalue weighted by Gasteiger charge is 2.05. The van der Waals surface area contributed by atoms with Gasteiger partial charge in [0.25, 0.3) is 0 Å². The third kappa shape index (κ3) is 4.86. The van der Waals surface area contributed by atoms with Crippen LogP contribution in [0.25, 0.3) is 0 Å². The van der Waals surface area contributed by atoms with Gasteiger partial charge in [0.1, 0.15) is 0 Å². The van der Waals surface area contributed by atoms with Crippen molar-refractivity contribution < 1.29 is 9.90 Å². The number of carbonyl (C=O) groups excluding carboxylic acids is 1. The zero-order valence-electron chi connectivity index (χ0n) is 13.0. The summed E-state index contributed by atoms with van der Waals surface area (Å²) in [5, 5.41) is 15.0. The maximum absolute atomic E-state index is 11.7. The maximum atomic E-state index is 11.7. The number of hydrogen-bond acceptors (Lipinski definition) is 4. The van der Waals surface area contributed by atoms with Crippen molar-refractivity contribution >= 4 is 28.6 Å². The van der Waals surface area contributed by atoms with E-state index in [0.717, 1.165) is 23.5 Å². The monoisotopic (exact) mass is 318 g/mol. The number of carbonyl (C=O) groups is 1. The first kappa shape index (κ1) is 16.5. The molecule has 3 N–H and O–H groups in total. The molecule has 2 aromatic rings. The lowest BCUT2D eigenvalue weighted by atomic mass is 10.1. The average Bonchev–Trinajstić information content (AvgIpc) is 2.91. The molecule has 0 radical (unpaired) electrons. The number of aryl methyl sites for hydroxylation is 2. The lowest BCUT2D eigenvalue weighted by Gasteiger charge is -2.11. The molecule has 0 spiro atoms. The van der Waals surface area contributed by atoms with Crippen molar-refractivity contribution in [2.45, 2.75) is 33.2 Å². The average molecular weight is 318 g/mol. The summed E-state index contributed by atoms with van der Waals surface area (Å²) in [6.07, 6.45) is 0.832. The number of hydrogen-bond donors (Lipinski definition) is 3. The van der Waals surface area contributed by atoms with Crippen molar-refractivity contribution in [2.24, 2.45) is 0 Å². The smallest absolute Gasteiger partial charge is 0.224 e. The molecule has 118 valence electrons. The molecule has 0 aliphatic carbocycles. The molecule has 0 aliphatic heterocycles. The molecule has 2 rings (SSSR count). The predicted molar refractivity (Wildman–Crippen MR) is 92.5 cm³/mol. The number of nitrogens with one attached hydrogen (secondary N) is 2. The summed E-state index contributed by atoms with van der Waals surface area (Å²) in [7, 11) is 0. The maximum Gasteiger partial charge on any atom is 0.224 e. The molecular weight excluding hydrogens is 296 g/mol. The van der Waals surface area contributed by atoms with Crippen LogP contribution in [0.1, 0.15) is 28.2 Å². The Bertz CT molecular complexity index is 637. The zero-order valence-corrected chi connectivity index (χ0v) is 13.8. The van der Waals surface area contributed by atoms with E-state index in [1.807, 2.05) is 25.1 Å². The van der Waals surface area contributed by atoms with Gasteiger partial charge >= 0.3 is 0 Å². The molecule has 0 atom stereocenters. The lowest BCUT2D eigenvalue weighted by molar-refractivity contribution is -0.116. The van der Waals surface area contributed by atoms with Gasteiger partial charge < -0.3 is 15.7 Å². The molecule has 22 heavy (non-hydrogen) atoms. The number of anilines is 2. The number of benzene rings is 1. The molecule has 0 saturated heterocycles. The minimum Gasteiger partial charge on any atom is -0.396 e. The van der Waals surface area contributed by atoms with Crippen LogP contribution in [0.3, 0.4) is 0 Å². The van der Waals surface area contributed by atoms with Crippen LogP contribution < -0.4 is 10.6 Å². The predicted octanol–water partition coefficient (Wildman–Crippen LogP) is 3.69. The highest BCUT2D eigenvalue weighted by molar-refractivity contribution is 7.11. The second kappa shape index (κ2) is 7.96. The van der Waals surface area contributed by atoms with Crippen LogP contribution in [0, 0.1) is 13.8 Å². The van der Waals surface area contributed by atoms with Gasteiger partial charge in [-0.15, -0.1) is 11.3 Å². The van der Waals surface area contributed by atoms with Gasteiger partial charge in [-0.1, -0.05) is 0 Å². The highest BCUT2D eigenvalue weighted by Crippen LogP contribution is 2.22. The summed E-state index contributed by atoms with van der Waals surface area (Å²) in [5.41, 5.74) is 2.88. The highest BCUT2D eigenvalue weighted by atomic mass is 32.1. The molecule has 1 aromatic carbocycles. The van der Waals surface area contributed by atoms with Crippen molar-refractivity contribution in [2.75, 3.05) is 17.2 Å². The van der Waals surface area contributed by atoms with Gasteiger partial charge in [0.15, 0.2) is 0 Å². The van der Waals surface area contributed by atoms with Crippen molar-refractivity contribution in [3.8, 4) is 0 Å². The van der Waals surface area contributed by atoms with Crippen molar-refractivity contribution in [3.05, 3.63) is 45.6 Å². The van der Waals surface area contributed by atoms with E-state index >= 15 is 0 Å². The second-order valence-corrected chi connectivity index (χ2v) is 6.64. The Morgan fingerprint density at radius 3 is 2.68 bits per heavy atom. The Hall–Kier alpha value is -1.85. The third-order valence-electron chi connectivity index (χ3n) is 3.33. The topological polar surface area (TPSA) is 61.4 Å². The van der Waals surface area contributed by atoms with E-state index in [1.54, 1.807) is 11.3 Å². The van der Waals surface area contributed by atoms with Gasteiger partial charge in [0.05, 0.1) is 0 Å². The molecule has 0 saturated carbocycles.